The van der Waals surface area contributed by atoms with Crippen molar-refractivity contribution < 1.29 is 9.59 Å². The Morgan fingerprint density at radius 2 is 1.39 bits per heavy atom. The maximum Gasteiger partial charge on any atom is 0.244 e. The average molecular weight is 342 g/mol. The molecule has 3 nitrogen and oxygen atoms in total. The summed E-state index contributed by atoms with van der Waals surface area (Å²) in [5.74, 6) is -0.0956. The van der Waals surface area contributed by atoms with Gasteiger partial charge in [-0.25, -0.2) is 0 Å². The van der Waals surface area contributed by atoms with E-state index in [4.69, 9.17) is 0 Å². The highest BCUT2D eigenvalue weighted by molar-refractivity contribution is 8.16. The number of hydrogen-bond donors (Lipinski definition) is 1. The SMILES string of the molecule is CCCCCCCCNC(=O)C=CSC(=O)CCCCCCC. The summed E-state index contributed by atoms with van der Waals surface area (Å²) in [5, 5.41) is 4.63. The van der Waals surface area contributed by atoms with E-state index in [9.17, 15) is 9.59 Å². The molecule has 0 aromatic rings. The molecule has 0 saturated carbocycles. The number of thioether (sulfide) groups is 1. The molecule has 0 bridgehead atoms. The summed E-state index contributed by atoms with van der Waals surface area (Å²) in [6.45, 7) is 5.12. The predicted octanol–water partition coefficient (Wildman–Crippen LogP) is 5.60. The van der Waals surface area contributed by atoms with Crippen LogP contribution >= 0.6 is 11.8 Å². The van der Waals surface area contributed by atoms with E-state index in [0.29, 0.717) is 6.42 Å². The minimum Gasteiger partial charge on any atom is -0.353 e. The molecule has 0 aromatic carbocycles. The Morgan fingerprint density at radius 1 is 0.826 bits per heavy atom. The van der Waals surface area contributed by atoms with Gasteiger partial charge in [0.2, 0.25) is 5.91 Å². The molecule has 0 spiro atoms. The van der Waals surface area contributed by atoms with Gasteiger partial charge in [-0.15, -0.1) is 0 Å². The summed E-state index contributed by atoms with van der Waals surface area (Å²) in [5.41, 5.74) is 0. The Labute approximate surface area is 147 Å². The number of amides is 1. The summed E-state index contributed by atoms with van der Waals surface area (Å²) >= 11 is 1.14. The van der Waals surface area contributed by atoms with Crippen molar-refractivity contribution in [3.63, 3.8) is 0 Å². The molecule has 0 aliphatic rings. The van der Waals surface area contributed by atoms with E-state index >= 15 is 0 Å². The lowest BCUT2D eigenvalue weighted by Crippen LogP contribution is -2.21. The first-order chi connectivity index (χ1) is 11.2. The number of rotatable bonds is 15. The minimum absolute atomic E-state index is 0.0956. The molecule has 0 fully saturated rings. The van der Waals surface area contributed by atoms with E-state index in [0.717, 1.165) is 37.6 Å². The van der Waals surface area contributed by atoms with Crippen LogP contribution in [0.4, 0.5) is 0 Å². The van der Waals surface area contributed by atoms with Gasteiger partial charge in [0.05, 0.1) is 0 Å². The first-order valence-corrected chi connectivity index (χ1v) is 10.2. The van der Waals surface area contributed by atoms with Crippen molar-refractivity contribution in [2.24, 2.45) is 0 Å². The Kier molecular flexibility index (Phi) is 17.0. The fraction of sp³-hybridized carbons (Fsp3) is 0.789. The smallest absolute Gasteiger partial charge is 0.244 e. The Balaban J connectivity index is 3.47. The van der Waals surface area contributed by atoms with Crippen LogP contribution in [0.25, 0.3) is 0 Å². The third-order valence-corrected chi connectivity index (χ3v) is 4.47. The zero-order valence-electron chi connectivity index (χ0n) is 15.1. The second kappa shape index (κ2) is 17.6. The molecule has 4 heteroatoms. The number of carbonyl (C=O) groups is 2. The van der Waals surface area contributed by atoms with Crippen molar-refractivity contribution in [2.45, 2.75) is 90.9 Å². The first kappa shape index (κ1) is 22.2. The quantitative estimate of drug-likeness (QED) is 0.311. The van der Waals surface area contributed by atoms with Gasteiger partial charge in [-0.05, 0) is 18.2 Å². The average Bonchev–Trinajstić information content (AvgIpc) is 2.54. The van der Waals surface area contributed by atoms with Crippen LogP contribution in [0, 0.1) is 0 Å². The van der Waals surface area contributed by atoms with Crippen LogP contribution in [0.3, 0.4) is 0 Å². The van der Waals surface area contributed by atoms with Crippen LogP contribution in [0.5, 0.6) is 0 Å². The molecule has 1 N–H and O–H groups in total. The number of carbonyl (C=O) groups excluding carboxylic acids is 2. The maximum absolute atomic E-state index is 11.6. The Morgan fingerprint density at radius 3 is 2.04 bits per heavy atom. The van der Waals surface area contributed by atoms with Gasteiger partial charge in [-0.1, -0.05) is 83.4 Å². The van der Waals surface area contributed by atoms with E-state index < -0.39 is 0 Å². The monoisotopic (exact) mass is 341 g/mol. The summed E-state index contributed by atoms with van der Waals surface area (Å²) in [7, 11) is 0. The van der Waals surface area contributed by atoms with Crippen LogP contribution in [0.2, 0.25) is 0 Å². The van der Waals surface area contributed by atoms with Crippen molar-refractivity contribution in [1.29, 1.82) is 0 Å². The van der Waals surface area contributed by atoms with Crippen LogP contribution in [0.15, 0.2) is 11.5 Å². The normalized spacial score (nSPS) is 11.0. The molecule has 1 amide bonds. The largest absolute Gasteiger partial charge is 0.353 e. The molecule has 0 unspecified atom stereocenters. The molecular weight excluding hydrogens is 306 g/mol. The van der Waals surface area contributed by atoms with E-state index in [-0.39, 0.29) is 11.0 Å². The van der Waals surface area contributed by atoms with Gasteiger partial charge in [0, 0.05) is 19.0 Å². The van der Waals surface area contributed by atoms with E-state index in [1.165, 1.54) is 57.4 Å². The molecule has 0 rings (SSSR count). The third kappa shape index (κ3) is 17.4. The second-order valence-electron chi connectivity index (χ2n) is 6.02. The molecule has 0 aliphatic carbocycles. The molecule has 0 saturated heterocycles. The van der Waals surface area contributed by atoms with Crippen molar-refractivity contribution in [3.8, 4) is 0 Å². The molecular formula is C19H35NO2S. The van der Waals surface area contributed by atoms with Gasteiger partial charge in [-0.2, -0.15) is 0 Å². The second-order valence-corrected chi connectivity index (χ2v) is 6.98. The minimum atomic E-state index is -0.0956. The van der Waals surface area contributed by atoms with Gasteiger partial charge in [-0.3, -0.25) is 9.59 Å². The van der Waals surface area contributed by atoms with Crippen LogP contribution in [-0.4, -0.2) is 17.6 Å². The van der Waals surface area contributed by atoms with Crippen molar-refractivity contribution in [2.75, 3.05) is 6.54 Å². The maximum atomic E-state index is 11.6. The highest BCUT2D eigenvalue weighted by atomic mass is 32.2. The fourth-order valence-corrected chi connectivity index (χ4v) is 2.88. The highest BCUT2D eigenvalue weighted by Crippen LogP contribution is 2.12. The number of unbranched alkanes of at least 4 members (excludes halogenated alkanes) is 9. The van der Waals surface area contributed by atoms with Crippen molar-refractivity contribution in [3.05, 3.63) is 11.5 Å². The lowest BCUT2D eigenvalue weighted by Gasteiger charge is -2.02. The standard InChI is InChI=1S/C19H35NO2S/c1-3-5-7-9-11-13-16-20-18(21)15-17-23-19(22)14-12-10-8-6-4-2/h15,17H,3-14,16H2,1-2H3,(H,20,21). The summed E-state index contributed by atoms with van der Waals surface area (Å²) < 4.78 is 0. The molecule has 0 heterocycles. The summed E-state index contributed by atoms with van der Waals surface area (Å²) in [6, 6.07) is 0. The fourth-order valence-electron chi connectivity index (χ4n) is 2.28. The molecule has 23 heavy (non-hydrogen) atoms. The topological polar surface area (TPSA) is 46.2 Å². The molecule has 134 valence electrons. The number of nitrogens with one attached hydrogen (secondary N) is 1. The van der Waals surface area contributed by atoms with Crippen LogP contribution < -0.4 is 5.32 Å². The Bertz CT molecular complexity index is 329. The highest BCUT2D eigenvalue weighted by Gasteiger charge is 2.01. The van der Waals surface area contributed by atoms with Crippen LogP contribution in [0.1, 0.15) is 90.9 Å². The molecule has 0 atom stereocenters. The van der Waals surface area contributed by atoms with Crippen LogP contribution in [-0.2, 0) is 9.59 Å². The van der Waals surface area contributed by atoms with Gasteiger partial charge in [0.25, 0.3) is 0 Å². The first-order valence-electron chi connectivity index (χ1n) is 9.34. The zero-order chi connectivity index (χ0) is 17.2. The number of hydrogen-bond acceptors (Lipinski definition) is 3. The molecule has 0 radical (unpaired) electrons. The van der Waals surface area contributed by atoms with E-state index in [1.54, 1.807) is 5.41 Å². The van der Waals surface area contributed by atoms with Gasteiger partial charge in [0.15, 0.2) is 5.12 Å². The lowest BCUT2D eigenvalue weighted by molar-refractivity contribution is -0.116. The molecule has 0 aromatic heterocycles. The summed E-state index contributed by atoms with van der Waals surface area (Å²) in [4.78, 5) is 23.2. The zero-order valence-corrected chi connectivity index (χ0v) is 15.9. The third-order valence-electron chi connectivity index (χ3n) is 3.73. The van der Waals surface area contributed by atoms with Crippen molar-refractivity contribution in [1.82, 2.24) is 5.32 Å². The summed E-state index contributed by atoms with van der Waals surface area (Å²) in [6.07, 6.45) is 15.2. The van der Waals surface area contributed by atoms with Gasteiger partial charge >= 0.3 is 0 Å². The van der Waals surface area contributed by atoms with Gasteiger partial charge < -0.3 is 5.32 Å². The van der Waals surface area contributed by atoms with Crippen molar-refractivity contribution >= 4 is 22.8 Å². The van der Waals surface area contributed by atoms with Gasteiger partial charge in [0.1, 0.15) is 0 Å². The van der Waals surface area contributed by atoms with E-state index in [2.05, 4.69) is 19.2 Å². The predicted molar refractivity (Wildman–Crippen MR) is 101 cm³/mol. The lowest BCUT2D eigenvalue weighted by atomic mass is 10.1. The Hall–Kier alpha value is -0.770. The molecule has 0 aliphatic heterocycles. The van der Waals surface area contributed by atoms with E-state index in [1.807, 2.05) is 0 Å².